The molecule has 0 saturated carbocycles. The smallest absolute Gasteiger partial charge is 0.292 e. The SMILES string of the molecule is O=C(Cn1c(=O)n2nc(-c3ccccc3)nc2c2ccccc21)c1ccc(Cl)cc1. The molecule has 3 aromatic carbocycles. The van der Waals surface area contributed by atoms with Crippen molar-refractivity contribution in [1.82, 2.24) is 19.2 Å². The highest BCUT2D eigenvalue weighted by Crippen LogP contribution is 2.21. The molecule has 146 valence electrons. The van der Waals surface area contributed by atoms with Gasteiger partial charge in [0.1, 0.15) is 0 Å². The zero-order valence-electron chi connectivity index (χ0n) is 15.7. The number of hydrogen-bond acceptors (Lipinski definition) is 4. The van der Waals surface area contributed by atoms with Gasteiger partial charge >= 0.3 is 5.69 Å². The summed E-state index contributed by atoms with van der Waals surface area (Å²) in [6, 6.07) is 23.5. The molecule has 2 heterocycles. The van der Waals surface area contributed by atoms with Crippen molar-refractivity contribution in [2.75, 3.05) is 0 Å². The molecule has 0 aliphatic heterocycles. The third-order valence-electron chi connectivity index (χ3n) is 4.95. The van der Waals surface area contributed by atoms with E-state index in [0.29, 0.717) is 27.6 Å². The fourth-order valence-electron chi connectivity index (χ4n) is 3.47. The summed E-state index contributed by atoms with van der Waals surface area (Å²) in [4.78, 5) is 30.7. The largest absolute Gasteiger partial charge is 0.351 e. The number of halogens is 1. The van der Waals surface area contributed by atoms with Crippen LogP contribution in [0.1, 0.15) is 10.4 Å². The topological polar surface area (TPSA) is 69.3 Å². The van der Waals surface area contributed by atoms with E-state index >= 15 is 0 Å². The van der Waals surface area contributed by atoms with Gasteiger partial charge in [-0.2, -0.15) is 4.52 Å². The minimum Gasteiger partial charge on any atom is -0.292 e. The lowest BCUT2D eigenvalue weighted by Crippen LogP contribution is -2.30. The fraction of sp³-hybridized carbons (Fsp3) is 0.0435. The average molecular weight is 415 g/mol. The molecular weight excluding hydrogens is 400 g/mol. The van der Waals surface area contributed by atoms with Crippen molar-refractivity contribution >= 4 is 33.9 Å². The molecule has 0 aliphatic carbocycles. The van der Waals surface area contributed by atoms with Crippen LogP contribution in [0.4, 0.5) is 0 Å². The molecule has 0 bridgehead atoms. The summed E-state index contributed by atoms with van der Waals surface area (Å²) < 4.78 is 2.70. The summed E-state index contributed by atoms with van der Waals surface area (Å²) in [6.45, 7) is -0.114. The highest BCUT2D eigenvalue weighted by Gasteiger charge is 2.17. The average Bonchev–Trinajstić information content (AvgIpc) is 3.24. The molecule has 0 saturated heterocycles. The standard InChI is InChI=1S/C23H15ClN4O2/c24-17-12-10-15(11-13-17)20(29)14-27-19-9-5-4-8-18(19)22-25-21(26-28(22)23(27)30)16-6-2-1-3-7-16/h1-13H,14H2. The summed E-state index contributed by atoms with van der Waals surface area (Å²) in [5.74, 6) is 0.265. The van der Waals surface area contributed by atoms with Crippen LogP contribution in [0.5, 0.6) is 0 Å². The summed E-state index contributed by atoms with van der Waals surface area (Å²) in [6.07, 6.45) is 0. The predicted molar refractivity (Wildman–Crippen MR) is 116 cm³/mol. The molecule has 30 heavy (non-hydrogen) atoms. The van der Waals surface area contributed by atoms with E-state index in [2.05, 4.69) is 10.1 Å². The van der Waals surface area contributed by atoms with Crippen LogP contribution in [-0.4, -0.2) is 24.9 Å². The third-order valence-corrected chi connectivity index (χ3v) is 5.21. The quantitative estimate of drug-likeness (QED) is 0.412. The summed E-state index contributed by atoms with van der Waals surface area (Å²) in [5.41, 5.74) is 1.97. The Labute approximate surface area is 176 Å². The number of carbonyl (C=O) groups is 1. The molecule has 5 aromatic rings. The second-order valence-corrected chi connectivity index (χ2v) is 7.29. The van der Waals surface area contributed by atoms with E-state index in [1.54, 1.807) is 24.3 Å². The second-order valence-electron chi connectivity index (χ2n) is 6.85. The van der Waals surface area contributed by atoms with Gasteiger partial charge in [0.2, 0.25) is 0 Å². The lowest BCUT2D eigenvalue weighted by Gasteiger charge is -2.10. The Bertz CT molecular complexity index is 1450. The minimum atomic E-state index is -0.416. The van der Waals surface area contributed by atoms with Gasteiger partial charge in [-0.15, -0.1) is 5.10 Å². The number of carbonyl (C=O) groups excluding carboxylic acids is 1. The van der Waals surface area contributed by atoms with Crippen molar-refractivity contribution in [3.63, 3.8) is 0 Å². The van der Waals surface area contributed by atoms with Crippen LogP contribution in [0, 0.1) is 0 Å². The summed E-state index contributed by atoms with van der Waals surface area (Å²) in [7, 11) is 0. The zero-order valence-corrected chi connectivity index (χ0v) is 16.5. The maximum absolute atomic E-state index is 13.3. The molecule has 0 atom stereocenters. The molecule has 0 fully saturated rings. The lowest BCUT2D eigenvalue weighted by molar-refractivity contribution is 0.0971. The highest BCUT2D eigenvalue weighted by molar-refractivity contribution is 6.30. The van der Waals surface area contributed by atoms with Crippen molar-refractivity contribution in [2.24, 2.45) is 0 Å². The Morgan fingerprint density at radius 3 is 2.37 bits per heavy atom. The first-order chi connectivity index (χ1) is 14.6. The van der Waals surface area contributed by atoms with E-state index in [9.17, 15) is 9.59 Å². The van der Waals surface area contributed by atoms with Crippen LogP contribution < -0.4 is 5.69 Å². The van der Waals surface area contributed by atoms with Crippen molar-refractivity contribution in [2.45, 2.75) is 6.54 Å². The Hall–Kier alpha value is -3.77. The van der Waals surface area contributed by atoms with E-state index < -0.39 is 5.69 Å². The monoisotopic (exact) mass is 414 g/mol. The first-order valence-corrected chi connectivity index (χ1v) is 9.72. The number of aromatic nitrogens is 4. The number of hydrogen-bond donors (Lipinski definition) is 0. The van der Waals surface area contributed by atoms with Crippen LogP contribution >= 0.6 is 11.6 Å². The van der Waals surface area contributed by atoms with Gasteiger partial charge in [-0.3, -0.25) is 9.36 Å². The van der Waals surface area contributed by atoms with E-state index in [0.717, 1.165) is 10.9 Å². The van der Waals surface area contributed by atoms with Crippen molar-refractivity contribution in [3.05, 3.63) is 99.9 Å². The normalized spacial score (nSPS) is 11.2. The second kappa shape index (κ2) is 7.24. The number of Topliss-reactive ketones (excluding diaryl/α,β-unsaturated/α-hetero) is 1. The van der Waals surface area contributed by atoms with Crippen LogP contribution in [0.3, 0.4) is 0 Å². The number of ketones is 1. The van der Waals surface area contributed by atoms with Crippen molar-refractivity contribution < 1.29 is 4.79 Å². The third kappa shape index (κ3) is 3.07. The van der Waals surface area contributed by atoms with Crippen molar-refractivity contribution in [1.29, 1.82) is 0 Å². The van der Waals surface area contributed by atoms with Crippen LogP contribution in [-0.2, 0) is 6.54 Å². The van der Waals surface area contributed by atoms with E-state index in [4.69, 9.17) is 11.6 Å². The maximum Gasteiger partial charge on any atom is 0.351 e. The molecule has 0 N–H and O–H groups in total. The lowest BCUT2D eigenvalue weighted by atomic mass is 10.1. The summed E-state index contributed by atoms with van der Waals surface area (Å²) in [5, 5.41) is 5.72. The van der Waals surface area contributed by atoms with E-state index in [1.165, 1.54) is 9.08 Å². The molecule has 5 rings (SSSR count). The molecule has 0 radical (unpaired) electrons. The zero-order chi connectivity index (χ0) is 20.7. The molecule has 0 amide bonds. The Balaban J connectivity index is 1.69. The van der Waals surface area contributed by atoms with Crippen LogP contribution in [0.25, 0.3) is 27.9 Å². The Morgan fingerprint density at radius 1 is 0.900 bits per heavy atom. The van der Waals surface area contributed by atoms with Gasteiger partial charge in [0.25, 0.3) is 0 Å². The minimum absolute atomic E-state index is 0.114. The number of rotatable bonds is 4. The molecule has 7 heteroatoms. The van der Waals surface area contributed by atoms with E-state index in [-0.39, 0.29) is 12.3 Å². The number of benzene rings is 3. The van der Waals surface area contributed by atoms with Crippen molar-refractivity contribution in [3.8, 4) is 11.4 Å². The molecular formula is C23H15ClN4O2. The van der Waals surface area contributed by atoms with Crippen LogP contribution in [0.2, 0.25) is 5.02 Å². The van der Waals surface area contributed by atoms with Crippen LogP contribution in [0.15, 0.2) is 83.7 Å². The number of fused-ring (bicyclic) bond motifs is 3. The van der Waals surface area contributed by atoms with E-state index in [1.807, 2.05) is 54.6 Å². The maximum atomic E-state index is 13.3. The van der Waals surface area contributed by atoms with Gasteiger partial charge < -0.3 is 0 Å². The fourth-order valence-corrected chi connectivity index (χ4v) is 3.59. The molecule has 2 aromatic heterocycles. The number of para-hydroxylation sites is 1. The molecule has 0 aliphatic rings. The van der Waals surface area contributed by atoms with Gasteiger partial charge in [-0.05, 0) is 36.4 Å². The van der Waals surface area contributed by atoms with Gasteiger partial charge in [-0.1, -0.05) is 54.1 Å². The number of nitrogens with zero attached hydrogens (tertiary/aromatic N) is 4. The Morgan fingerprint density at radius 2 is 1.60 bits per heavy atom. The Kier molecular flexibility index (Phi) is 4.41. The molecule has 0 spiro atoms. The van der Waals surface area contributed by atoms with Gasteiger partial charge in [0, 0.05) is 21.5 Å². The van der Waals surface area contributed by atoms with Gasteiger partial charge in [-0.25, -0.2) is 9.78 Å². The first kappa shape index (κ1) is 18.3. The summed E-state index contributed by atoms with van der Waals surface area (Å²) >= 11 is 5.91. The first-order valence-electron chi connectivity index (χ1n) is 9.34. The molecule has 6 nitrogen and oxygen atoms in total. The highest BCUT2D eigenvalue weighted by atomic mass is 35.5. The molecule has 0 unspecified atom stereocenters. The predicted octanol–water partition coefficient (Wildman–Crippen LogP) is 4.25. The van der Waals surface area contributed by atoms with Gasteiger partial charge in [0.05, 0.1) is 12.1 Å². The van der Waals surface area contributed by atoms with Gasteiger partial charge in [0.15, 0.2) is 17.3 Å².